The molecule has 0 bridgehead atoms. The number of aliphatic imine (C=N–C) groups is 1. The normalized spacial score (nSPS) is 29.9. The van der Waals surface area contributed by atoms with Crippen LogP contribution in [0.1, 0.15) is 39.7 Å². The van der Waals surface area contributed by atoms with E-state index in [4.69, 9.17) is 9.84 Å². The lowest BCUT2D eigenvalue weighted by Gasteiger charge is -2.44. The number of nitrogens with one attached hydrogen (secondary N) is 1. The third-order valence-corrected chi connectivity index (χ3v) is 8.46. The molecule has 0 aliphatic carbocycles. The monoisotopic (exact) mass is 411 g/mol. The Morgan fingerprint density at radius 3 is 2.61 bits per heavy atom. The van der Waals surface area contributed by atoms with Crippen molar-refractivity contribution in [1.82, 2.24) is 5.32 Å². The van der Waals surface area contributed by atoms with Gasteiger partial charge in [0.2, 0.25) is 0 Å². The molecule has 2 N–H and O–H groups in total. The Kier molecular flexibility index (Phi) is 4.41. The zero-order valence-electron chi connectivity index (χ0n) is 15.8. The Hall–Kier alpha value is -2.69. The number of fused-ring (bicyclic) bond motifs is 3. The number of amidine groups is 1. The number of sulfone groups is 1. The van der Waals surface area contributed by atoms with Crippen molar-refractivity contribution < 1.29 is 28.0 Å². The largest absolute Gasteiger partial charge is 0.490 e. The van der Waals surface area contributed by atoms with Crippen molar-refractivity contribution in [2.24, 2.45) is 4.99 Å². The first-order valence-corrected chi connectivity index (χ1v) is 10.1. The zero-order valence-corrected chi connectivity index (χ0v) is 16.6. The van der Waals surface area contributed by atoms with Crippen LogP contribution in [0, 0.1) is 10.1 Å². The molecule has 1 amide bonds. The second-order valence-corrected chi connectivity index (χ2v) is 10.4. The molecule has 0 saturated carbocycles. The lowest BCUT2D eigenvalue weighted by atomic mass is 9.85. The quantitative estimate of drug-likeness (QED) is 0.531. The van der Waals surface area contributed by atoms with Gasteiger partial charge in [0, 0.05) is 24.1 Å². The number of non-ortho nitro benzene ring substituents is 1. The molecule has 11 heteroatoms. The first-order chi connectivity index (χ1) is 12.8. The number of ether oxygens (including phenoxy) is 1. The summed E-state index contributed by atoms with van der Waals surface area (Å²) in [5.74, 6) is 0.0576. The van der Waals surface area contributed by atoms with E-state index in [0.717, 1.165) is 0 Å². The zero-order chi connectivity index (χ0) is 21.1. The maximum Gasteiger partial charge on any atom is 0.410 e. The Labute approximate surface area is 161 Å². The fraction of sp³-hybridized carbons (Fsp3) is 0.529. The topological polar surface area (TPSA) is 148 Å². The molecule has 0 spiro atoms. The molecule has 0 aromatic heterocycles. The van der Waals surface area contributed by atoms with E-state index >= 15 is 0 Å². The molecule has 3 atom stereocenters. The van der Waals surface area contributed by atoms with Crippen LogP contribution in [0.4, 0.5) is 10.5 Å². The van der Waals surface area contributed by atoms with Gasteiger partial charge in [0.15, 0.2) is 9.84 Å². The minimum atomic E-state index is -3.95. The Morgan fingerprint density at radius 1 is 1.39 bits per heavy atom. The SMILES string of the molecule is C[C@H]1C[C@H]2[C@](C)(N=C(NC(=O)O)C(C)(C)S2(=O)=O)c2cc([N+](=O)[O-])ccc2O1. The van der Waals surface area contributed by atoms with Crippen LogP contribution in [0.25, 0.3) is 0 Å². The number of benzene rings is 1. The second kappa shape index (κ2) is 6.16. The predicted octanol–water partition coefficient (Wildman–Crippen LogP) is 2.22. The third kappa shape index (κ3) is 2.81. The number of hydrogen-bond acceptors (Lipinski definition) is 7. The molecule has 1 aromatic carbocycles. The summed E-state index contributed by atoms with van der Waals surface area (Å²) in [6, 6.07) is 3.94. The summed E-state index contributed by atoms with van der Waals surface area (Å²) in [5, 5.41) is 21.5. The van der Waals surface area contributed by atoms with Gasteiger partial charge in [0.25, 0.3) is 5.69 Å². The third-order valence-electron chi connectivity index (χ3n) is 5.45. The maximum atomic E-state index is 13.5. The minimum absolute atomic E-state index is 0.106. The lowest BCUT2D eigenvalue weighted by Crippen LogP contribution is -2.61. The van der Waals surface area contributed by atoms with Gasteiger partial charge in [-0.2, -0.15) is 0 Å². The van der Waals surface area contributed by atoms with Gasteiger partial charge >= 0.3 is 6.09 Å². The van der Waals surface area contributed by atoms with Gasteiger partial charge in [-0.1, -0.05) is 0 Å². The average molecular weight is 411 g/mol. The molecule has 2 heterocycles. The number of nitro benzene ring substituents is 1. The van der Waals surface area contributed by atoms with Crippen molar-refractivity contribution in [2.45, 2.75) is 55.8 Å². The molecule has 2 aliphatic rings. The summed E-state index contributed by atoms with van der Waals surface area (Å²) in [6.45, 7) is 6.04. The number of nitrogens with zero attached hydrogens (tertiary/aromatic N) is 2. The number of carbonyl (C=O) groups is 1. The first-order valence-electron chi connectivity index (χ1n) is 8.60. The molecular formula is C17H21N3O7S. The van der Waals surface area contributed by atoms with Crippen LogP contribution in [-0.2, 0) is 15.4 Å². The van der Waals surface area contributed by atoms with Crippen LogP contribution >= 0.6 is 0 Å². The van der Waals surface area contributed by atoms with E-state index in [-0.39, 0.29) is 29.3 Å². The molecular weight excluding hydrogens is 390 g/mol. The summed E-state index contributed by atoms with van der Waals surface area (Å²) in [6.07, 6.45) is -1.82. The van der Waals surface area contributed by atoms with E-state index in [1.807, 2.05) is 0 Å². The van der Waals surface area contributed by atoms with Crippen molar-refractivity contribution in [3.05, 3.63) is 33.9 Å². The smallest absolute Gasteiger partial charge is 0.410 e. The molecule has 0 saturated heterocycles. The fourth-order valence-corrected chi connectivity index (χ4v) is 6.18. The van der Waals surface area contributed by atoms with Crippen LogP contribution in [0.3, 0.4) is 0 Å². The van der Waals surface area contributed by atoms with Gasteiger partial charge in [-0.15, -0.1) is 0 Å². The van der Waals surface area contributed by atoms with Gasteiger partial charge in [0.1, 0.15) is 21.9 Å². The van der Waals surface area contributed by atoms with Gasteiger partial charge in [-0.05, 0) is 33.8 Å². The van der Waals surface area contributed by atoms with Crippen molar-refractivity contribution in [2.75, 3.05) is 0 Å². The highest BCUT2D eigenvalue weighted by Crippen LogP contribution is 2.49. The number of nitro groups is 1. The standard InChI is InChI=1S/C17H21N3O7S/c1-9-7-13-17(4,11-8-10(20(23)24)5-6-12(11)27-9)19-14(18-15(21)22)16(2,3)28(13,25)26/h5-6,8-9,13H,7H2,1-4H3,(H,18,19)(H,21,22)/t9-,13-,17+/m0/s1. The number of hydrogen-bond donors (Lipinski definition) is 2. The lowest BCUT2D eigenvalue weighted by molar-refractivity contribution is -0.385. The Morgan fingerprint density at radius 2 is 2.04 bits per heavy atom. The van der Waals surface area contributed by atoms with Crippen molar-refractivity contribution in [3.63, 3.8) is 0 Å². The maximum absolute atomic E-state index is 13.5. The fourth-order valence-electron chi connectivity index (χ4n) is 3.80. The molecule has 152 valence electrons. The molecule has 0 unspecified atom stereocenters. The Balaban J connectivity index is 2.37. The van der Waals surface area contributed by atoms with Gasteiger partial charge in [-0.25, -0.2) is 13.2 Å². The molecule has 3 rings (SSSR count). The number of rotatable bonds is 1. The van der Waals surface area contributed by atoms with Crippen LogP contribution in [0.5, 0.6) is 5.75 Å². The molecule has 0 radical (unpaired) electrons. The molecule has 2 aliphatic heterocycles. The van der Waals surface area contributed by atoms with E-state index in [1.54, 1.807) is 6.92 Å². The van der Waals surface area contributed by atoms with Crippen LogP contribution in [0.2, 0.25) is 0 Å². The van der Waals surface area contributed by atoms with Crippen molar-refractivity contribution >= 4 is 27.5 Å². The number of amides is 1. The van der Waals surface area contributed by atoms with Crippen molar-refractivity contribution in [1.29, 1.82) is 0 Å². The average Bonchev–Trinajstić information content (AvgIpc) is 2.67. The van der Waals surface area contributed by atoms with E-state index in [2.05, 4.69) is 10.3 Å². The van der Waals surface area contributed by atoms with E-state index < -0.39 is 42.5 Å². The molecule has 28 heavy (non-hydrogen) atoms. The summed E-state index contributed by atoms with van der Waals surface area (Å²) in [7, 11) is -3.95. The van der Waals surface area contributed by atoms with Crippen LogP contribution < -0.4 is 10.1 Å². The first kappa shape index (κ1) is 20.1. The predicted molar refractivity (Wildman–Crippen MR) is 101 cm³/mol. The van der Waals surface area contributed by atoms with Crippen LogP contribution in [-0.4, -0.2) is 46.5 Å². The molecule has 0 fully saturated rings. The van der Waals surface area contributed by atoms with E-state index in [0.29, 0.717) is 0 Å². The summed E-state index contributed by atoms with van der Waals surface area (Å²) in [5.41, 5.74) is -1.46. The number of carboxylic acid groups (broad SMARTS) is 1. The van der Waals surface area contributed by atoms with E-state index in [9.17, 15) is 23.3 Å². The van der Waals surface area contributed by atoms with Gasteiger partial charge in [0.05, 0.1) is 16.3 Å². The highest BCUT2D eigenvalue weighted by molar-refractivity contribution is 7.94. The molecule has 10 nitrogen and oxygen atoms in total. The van der Waals surface area contributed by atoms with Gasteiger partial charge < -0.3 is 9.84 Å². The highest BCUT2D eigenvalue weighted by Gasteiger charge is 2.59. The molecule has 1 aromatic rings. The highest BCUT2D eigenvalue weighted by atomic mass is 32.2. The Bertz CT molecular complexity index is 1000. The van der Waals surface area contributed by atoms with Crippen LogP contribution in [0.15, 0.2) is 23.2 Å². The van der Waals surface area contributed by atoms with Gasteiger partial charge in [-0.3, -0.25) is 20.4 Å². The summed E-state index contributed by atoms with van der Waals surface area (Å²) >= 11 is 0. The van der Waals surface area contributed by atoms with E-state index in [1.165, 1.54) is 39.0 Å². The second-order valence-electron chi connectivity index (χ2n) is 7.68. The minimum Gasteiger partial charge on any atom is -0.490 e. The van der Waals surface area contributed by atoms with Crippen molar-refractivity contribution in [3.8, 4) is 5.75 Å². The summed E-state index contributed by atoms with van der Waals surface area (Å²) in [4.78, 5) is 26.4. The summed E-state index contributed by atoms with van der Waals surface area (Å²) < 4.78 is 31.2.